The average molecular weight is 298 g/mol. The van der Waals surface area contributed by atoms with Gasteiger partial charge in [0.2, 0.25) is 0 Å². The zero-order valence-corrected chi connectivity index (χ0v) is 13.5. The number of benzene rings is 2. The Morgan fingerprint density at radius 1 is 1.00 bits per heavy atom. The van der Waals surface area contributed by atoms with E-state index in [1.807, 2.05) is 39.8 Å². The molecule has 0 unspecified atom stereocenters. The zero-order chi connectivity index (χ0) is 16.3. The van der Waals surface area contributed by atoms with Crippen molar-refractivity contribution in [1.82, 2.24) is 0 Å². The van der Waals surface area contributed by atoms with Gasteiger partial charge in [-0.25, -0.2) is 4.79 Å². The van der Waals surface area contributed by atoms with Gasteiger partial charge in [0.15, 0.2) is 0 Å². The fourth-order valence-electron chi connectivity index (χ4n) is 2.36. The number of hydrogen-bond acceptors (Lipinski definition) is 3. The van der Waals surface area contributed by atoms with Crippen molar-refractivity contribution >= 4 is 5.97 Å². The summed E-state index contributed by atoms with van der Waals surface area (Å²) in [5.41, 5.74) is 2.10. The number of ether oxygens (including phenoxy) is 1. The number of rotatable bonds is 4. The van der Waals surface area contributed by atoms with Gasteiger partial charge in [0.1, 0.15) is 11.5 Å². The van der Waals surface area contributed by atoms with Gasteiger partial charge >= 0.3 is 5.97 Å². The minimum absolute atomic E-state index is 0.0554. The molecule has 0 saturated heterocycles. The first kappa shape index (κ1) is 16.1. The van der Waals surface area contributed by atoms with Gasteiger partial charge in [-0.15, -0.1) is 0 Å². The molecule has 0 radical (unpaired) electrons. The largest absolute Gasteiger partial charge is 0.508 e. The van der Waals surface area contributed by atoms with Crippen molar-refractivity contribution in [3.63, 3.8) is 0 Å². The van der Waals surface area contributed by atoms with E-state index in [4.69, 9.17) is 4.74 Å². The van der Waals surface area contributed by atoms with Crippen molar-refractivity contribution in [3.05, 3.63) is 59.2 Å². The number of hydrogen-bond donors (Lipinski definition) is 1. The third-order valence-corrected chi connectivity index (χ3v) is 3.60. The molecule has 0 aliphatic rings. The van der Waals surface area contributed by atoms with Crippen LogP contribution in [0.1, 0.15) is 61.0 Å². The first-order valence-electron chi connectivity index (χ1n) is 7.54. The summed E-state index contributed by atoms with van der Waals surface area (Å²) in [6.45, 7) is 7.99. The fraction of sp³-hybridized carbons (Fsp3) is 0.316. The molecule has 2 aromatic rings. The van der Waals surface area contributed by atoms with Crippen molar-refractivity contribution in [2.75, 3.05) is 0 Å². The molecule has 0 aliphatic heterocycles. The molecular formula is C19H22O3. The second-order valence-electron chi connectivity index (χ2n) is 6.02. The van der Waals surface area contributed by atoms with E-state index in [0.717, 1.165) is 5.56 Å². The Bertz CT molecular complexity index is 658. The van der Waals surface area contributed by atoms with Crippen LogP contribution in [0.25, 0.3) is 0 Å². The monoisotopic (exact) mass is 298 g/mol. The lowest BCUT2D eigenvalue weighted by Gasteiger charge is -2.17. The zero-order valence-electron chi connectivity index (χ0n) is 13.5. The predicted octanol–water partition coefficient (Wildman–Crippen LogP) is 4.86. The smallest absolute Gasteiger partial charge is 0.343 e. The molecule has 0 atom stereocenters. The minimum atomic E-state index is -0.414. The fourth-order valence-corrected chi connectivity index (χ4v) is 2.36. The SMILES string of the molecule is CC(C)c1cc(O)c(C(C)C)c(OC(=O)c2ccccc2)c1. The van der Waals surface area contributed by atoms with Crippen molar-refractivity contribution < 1.29 is 14.6 Å². The van der Waals surface area contributed by atoms with Crippen LogP contribution in [-0.4, -0.2) is 11.1 Å². The van der Waals surface area contributed by atoms with E-state index in [-0.39, 0.29) is 17.6 Å². The van der Waals surface area contributed by atoms with Crippen LogP contribution >= 0.6 is 0 Å². The molecule has 0 heterocycles. The second kappa shape index (κ2) is 6.65. The van der Waals surface area contributed by atoms with Crippen molar-refractivity contribution in [2.24, 2.45) is 0 Å². The number of carbonyl (C=O) groups is 1. The van der Waals surface area contributed by atoms with Crippen LogP contribution in [0.5, 0.6) is 11.5 Å². The van der Waals surface area contributed by atoms with Gasteiger partial charge in [-0.2, -0.15) is 0 Å². The lowest BCUT2D eigenvalue weighted by molar-refractivity contribution is 0.0732. The summed E-state index contributed by atoms with van der Waals surface area (Å²) < 4.78 is 5.57. The Hall–Kier alpha value is -2.29. The summed E-state index contributed by atoms with van der Waals surface area (Å²) in [5, 5.41) is 10.3. The molecule has 0 fully saturated rings. The molecule has 0 bridgehead atoms. The maximum absolute atomic E-state index is 12.3. The molecule has 116 valence electrons. The van der Waals surface area contributed by atoms with Gasteiger partial charge in [-0.1, -0.05) is 45.9 Å². The van der Waals surface area contributed by atoms with E-state index in [2.05, 4.69) is 0 Å². The molecule has 3 nitrogen and oxygen atoms in total. The highest BCUT2D eigenvalue weighted by molar-refractivity contribution is 5.91. The topological polar surface area (TPSA) is 46.5 Å². The highest BCUT2D eigenvalue weighted by Gasteiger charge is 2.19. The van der Waals surface area contributed by atoms with E-state index >= 15 is 0 Å². The summed E-state index contributed by atoms with van der Waals surface area (Å²) >= 11 is 0. The van der Waals surface area contributed by atoms with Crippen LogP contribution in [0.15, 0.2) is 42.5 Å². The summed E-state index contributed by atoms with van der Waals surface area (Å²) in [4.78, 5) is 12.3. The van der Waals surface area contributed by atoms with Crippen LogP contribution in [0.2, 0.25) is 0 Å². The third-order valence-electron chi connectivity index (χ3n) is 3.60. The number of esters is 1. The van der Waals surface area contributed by atoms with Crippen LogP contribution in [0.3, 0.4) is 0 Å². The lowest BCUT2D eigenvalue weighted by Crippen LogP contribution is -2.11. The Balaban J connectivity index is 2.42. The average Bonchev–Trinajstić information content (AvgIpc) is 2.47. The van der Waals surface area contributed by atoms with Crippen LogP contribution < -0.4 is 4.74 Å². The van der Waals surface area contributed by atoms with E-state index in [9.17, 15) is 9.90 Å². The van der Waals surface area contributed by atoms with Gasteiger partial charge in [0.25, 0.3) is 0 Å². The second-order valence-corrected chi connectivity index (χ2v) is 6.02. The molecule has 0 saturated carbocycles. The quantitative estimate of drug-likeness (QED) is 0.647. The maximum Gasteiger partial charge on any atom is 0.343 e. The van der Waals surface area contributed by atoms with E-state index < -0.39 is 5.97 Å². The minimum Gasteiger partial charge on any atom is -0.508 e. The summed E-state index contributed by atoms with van der Waals surface area (Å²) in [5.74, 6) is 0.494. The highest BCUT2D eigenvalue weighted by atomic mass is 16.5. The predicted molar refractivity (Wildman–Crippen MR) is 87.7 cm³/mol. The molecule has 0 aromatic heterocycles. The number of phenols is 1. The molecule has 1 N–H and O–H groups in total. The Morgan fingerprint density at radius 3 is 2.18 bits per heavy atom. The van der Waals surface area contributed by atoms with Gasteiger partial charge in [-0.3, -0.25) is 0 Å². The summed E-state index contributed by atoms with van der Waals surface area (Å²) in [7, 11) is 0. The summed E-state index contributed by atoms with van der Waals surface area (Å²) in [6.07, 6.45) is 0. The van der Waals surface area contributed by atoms with E-state index in [1.165, 1.54) is 0 Å². The first-order chi connectivity index (χ1) is 10.4. The van der Waals surface area contributed by atoms with Crippen LogP contribution in [0, 0.1) is 0 Å². The molecule has 2 rings (SSSR count). The van der Waals surface area contributed by atoms with Gasteiger partial charge in [-0.05, 0) is 41.7 Å². The standard InChI is InChI=1S/C19H22O3/c1-12(2)15-10-16(20)18(13(3)4)17(11-15)22-19(21)14-8-6-5-7-9-14/h5-13,20H,1-4H3. The van der Waals surface area contributed by atoms with Gasteiger partial charge in [0, 0.05) is 5.56 Å². The number of aromatic hydroxyl groups is 1. The van der Waals surface area contributed by atoms with Crippen molar-refractivity contribution in [1.29, 1.82) is 0 Å². The van der Waals surface area contributed by atoms with Crippen molar-refractivity contribution in [2.45, 2.75) is 39.5 Å². The molecule has 0 aliphatic carbocycles. The highest BCUT2D eigenvalue weighted by Crippen LogP contribution is 2.38. The van der Waals surface area contributed by atoms with Gasteiger partial charge in [0.05, 0.1) is 5.56 Å². The third kappa shape index (κ3) is 3.48. The molecule has 3 heteroatoms. The Labute approximate surface area is 131 Å². The Kier molecular flexibility index (Phi) is 4.86. The number of phenolic OH excluding ortho intramolecular Hbond substituents is 1. The molecule has 2 aromatic carbocycles. The van der Waals surface area contributed by atoms with Crippen LogP contribution in [-0.2, 0) is 0 Å². The van der Waals surface area contributed by atoms with Crippen LogP contribution in [0.4, 0.5) is 0 Å². The normalized spacial score (nSPS) is 11.0. The lowest BCUT2D eigenvalue weighted by atomic mass is 9.95. The Morgan fingerprint density at radius 2 is 1.64 bits per heavy atom. The molecule has 22 heavy (non-hydrogen) atoms. The molecular weight excluding hydrogens is 276 g/mol. The van der Waals surface area contributed by atoms with E-state index in [1.54, 1.807) is 30.3 Å². The maximum atomic E-state index is 12.3. The van der Waals surface area contributed by atoms with Crippen molar-refractivity contribution in [3.8, 4) is 11.5 Å². The first-order valence-corrected chi connectivity index (χ1v) is 7.54. The van der Waals surface area contributed by atoms with E-state index in [0.29, 0.717) is 16.9 Å². The summed E-state index contributed by atoms with van der Waals surface area (Å²) in [6, 6.07) is 12.5. The molecule has 0 amide bonds. The molecule has 0 spiro atoms. The number of carbonyl (C=O) groups excluding carboxylic acids is 1. The van der Waals surface area contributed by atoms with Gasteiger partial charge < -0.3 is 9.84 Å².